The normalized spacial score (nSPS) is 10.8. The van der Waals surface area contributed by atoms with E-state index in [0.717, 1.165) is 17.7 Å². The summed E-state index contributed by atoms with van der Waals surface area (Å²) in [6.45, 7) is 5.44. The van der Waals surface area contributed by atoms with E-state index in [2.05, 4.69) is 24.1 Å². The van der Waals surface area contributed by atoms with E-state index in [1.165, 1.54) is 0 Å². The van der Waals surface area contributed by atoms with Gasteiger partial charge in [0.15, 0.2) is 0 Å². The minimum absolute atomic E-state index is 0.427. The van der Waals surface area contributed by atoms with Crippen LogP contribution in [-0.4, -0.2) is 11.0 Å². The summed E-state index contributed by atoms with van der Waals surface area (Å²) in [5.74, 6) is 0.667. The van der Waals surface area contributed by atoms with Crippen LogP contribution in [0.25, 0.3) is 0 Å². The number of pyridine rings is 1. The lowest BCUT2D eigenvalue weighted by atomic mass is 10.2. The van der Waals surface area contributed by atoms with Crippen LogP contribution in [0.3, 0.4) is 0 Å². The number of aromatic nitrogens is 1. The maximum atomic E-state index is 5.96. The Labute approximate surface area is 124 Å². The molecule has 0 aliphatic rings. The van der Waals surface area contributed by atoms with E-state index in [9.17, 15) is 0 Å². The fourth-order valence-corrected chi connectivity index (χ4v) is 1.99. The predicted molar refractivity (Wildman–Crippen MR) is 82.0 cm³/mol. The Morgan fingerprint density at radius 1 is 1.25 bits per heavy atom. The summed E-state index contributed by atoms with van der Waals surface area (Å²) in [4.78, 5) is 4.30. The molecule has 1 N–H and O–H groups in total. The van der Waals surface area contributed by atoms with Gasteiger partial charge in [0.25, 0.3) is 0 Å². The van der Waals surface area contributed by atoms with E-state index in [4.69, 9.17) is 16.3 Å². The van der Waals surface area contributed by atoms with Crippen molar-refractivity contribution >= 4 is 11.6 Å². The molecule has 1 aromatic carbocycles. The molecule has 4 heteroatoms. The van der Waals surface area contributed by atoms with Crippen LogP contribution in [0.15, 0.2) is 42.6 Å². The van der Waals surface area contributed by atoms with Gasteiger partial charge in [0.2, 0.25) is 5.88 Å². The number of hydrogen-bond donors (Lipinski definition) is 1. The summed E-state index contributed by atoms with van der Waals surface area (Å²) >= 11 is 5.96. The molecular formula is C16H19ClN2O. The Bertz CT molecular complexity index is 558. The summed E-state index contributed by atoms with van der Waals surface area (Å²) in [7, 11) is 0. The summed E-state index contributed by atoms with van der Waals surface area (Å²) in [6, 6.07) is 12.0. The first kappa shape index (κ1) is 14.8. The first-order valence-electron chi connectivity index (χ1n) is 6.69. The monoisotopic (exact) mass is 290 g/mol. The summed E-state index contributed by atoms with van der Waals surface area (Å²) in [5.41, 5.74) is 2.09. The molecule has 2 rings (SSSR count). The Morgan fingerprint density at radius 2 is 2.10 bits per heavy atom. The summed E-state index contributed by atoms with van der Waals surface area (Å²) < 4.78 is 5.80. The van der Waals surface area contributed by atoms with Gasteiger partial charge in [0.1, 0.15) is 6.61 Å². The molecule has 20 heavy (non-hydrogen) atoms. The quantitative estimate of drug-likeness (QED) is 0.878. The van der Waals surface area contributed by atoms with Crippen LogP contribution >= 0.6 is 11.6 Å². The minimum atomic E-state index is 0.427. The van der Waals surface area contributed by atoms with Crippen LogP contribution in [0.2, 0.25) is 5.02 Å². The molecule has 0 aliphatic heterocycles. The van der Waals surface area contributed by atoms with Crippen LogP contribution < -0.4 is 10.1 Å². The average molecular weight is 291 g/mol. The second kappa shape index (κ2) is 7.27. The lowest BCUT2D eigenvalue weighted by Gasteiger charge is -2.12. The van der Waals surface area contributed by atoms with Crippen molar-refractivity contribution in [2.24, 2.45) is 0 Å². The van der Waals surface area contributed by atoms with E-state index in [0.29, 0.717) is 23.6 Å². The fourth-order valence-electron chi connectivity index (χ4n) is 1.78. The maximum absolute atomic E-state index is 5.96. The van der Waals surface area contributed by atoms with Gasteiger partial charge in [-0.1, -0.05) is 43.6 Å². The Kier molecular flexibility index (Phi) is 5.39. The third-order valence-electron chi connectivity index (χ3n) is 2.82. The smallest absolute Gasteiger partial charge is 0.218 e. The highest BCUT2D eigenvalue weighted by atomic mass is 35.5. The first-order valence-corrected chi connectivity index (χ1v) is 7.07. The van der Waals surface area contributed by atoms with Crippen molar-refractivity contribution in [2.45, 2.75) is 33.0 Å². The van der Waals surface area contributed by atoms with Crippen LogP contribution in [0.4, 0.5) is 0 Å². The van der Waals surface area contributed by atoms with Crippen molar-refractivity contribution in [1.29, 1.82) is 0 Å². The Morgan fingerprint density at radius 3 is 2.85 bits per heavy atom. The molecule has 0 atom stereocenters. The molecule has 2 aromatic rings. The molecule has 0 bridgehead atoms. The van der Waals surface area contributed by atoms with Crippen molar-refractivity contribution < 1.29 is 4.74 Å². The zero-order valence-electron chi connectivity index (χ0n) is 11.8. The van der Waals surface area contributed by atoms with Gasteiger partial charge in [-0.05, 0) is 23.8 Å². The molecule has 0 amide bonds. The molecule has 106 valence electrons. The van der Waals surface area contributed by atoms with Crippen molar-refractivity contribution in [1.82, 2.24) is 10.3 Å². The van der Waals surface area contributed by atoms with E-state index in [-0.39, 0.29) is 0 Å². The molecular weight excluding hydrogens is 272 g/mol. The van der Waals surface area contributed by atoms with Crippen molar-refractivity contribution in [3.63, 3.8) is 0 Å². The highest BCUT2D eigenvalue weighted by molar-refractivity contribution is 6.30. The maximum Gasteiger partial charge on any atom is 0.218 e. The summed E-state index contributed by atoms with van der Waals surface area (Å²) in [5, 5.41) is 4.08. The Balaban J connectivity index is 2.02. The third kappa shape index (κ3) is 4.51. The number of nitrogens with one attached hydrogen (secondary N) is 1. The van der Waals surface area contributed by atoms with Gasteiger partial charge in [0, 0.05) is 29.4 Å². The van der Waals surface area contributed by atoms with Gasteiger partial charge in [-0.2, -0.15) is 0 Å². The van der Waals surface area contributed by atoms with Gasteiger partial charge in [0.05, 0.1) is 0 Å². The number of rotatable bonds is 6. The third-order valence-corrected chi connectivity index (χ3v) is 3.05. The number of benzene rings is 1. The lowest BCUT2D eigenvalue weighted by Crippen LogP contribution is -2.22. The van der Waals surface area contributed by atoms with Crippen LogP contribution in [-0.2, 0) is 13.2 Å². The molecule has 0 saturated carbocycles. The van der Waals surface area contributed by atoms with Crippen molar-refractivity contribution in [3.05, 3.63) is 58.7 Å². The van der Waals surface area contributed by atoms with E-state index in [1.807, 2.05) is 36.4 Å². The summed E-state index contributed by atoms with van der Waals surface area (Å²) in [6.07, 6.45) is 1.74. The highest BCUT2D eigenvalue weighted by Gasteiger charge is 2.06. The molecule has 0 unspecified atom stereocenters. The molecule has 1 aromatic heterocycles. The average Bonchev–Trinajstić information content (AvgIpc) is 2.44. The van der Waals surface area contributed by atoms with E-state index >= 15 is 0 Å². The Hall–Kier alpha value is -1.58. The molecule has 3 nitrogen and oxygen atoms in total. The van der Waals surface area contributed by atoms with Crippen LogP contribution in [0.5, 0.6) is 5.88 Å². The molecule has 0 aliphatic carbocycles. The fraction of sp³-hybridized carbons (Fsp3) is 0.312. The number of nitrogens with zero attached hydrogens (tertiary/aromatic N) is 1. The lowest BCUT2D eigenvalue weighted by molar-refractivity contribution is 0.289. The zero-order chi connectivity index (χ0) is 14.4. The van der Waals surface area contributed by atoms with Gasteiger partial charge in [-0.15, -0.1) is 0 Å². The largest absolute Gasteiger partial charge is 0.473 e. The molecule has 0 radical (unpaired) electrons. The zero-order valence-corrected chi connectivity index (χ0v) is 12.5. The van der Waals surface area contributed by atoms with E-state index in [1.54, 1.807) is 6.20 Å². The van der Waals surface area contributed by atoms with Gasteiger partial charge >= 0.3 is 0 Å². The standard InChI is InChI=1S/C16H19ClN2O/c1-12(2)19-10-14-6-4-8-18-16(14)20-11-13-5-3-7-15(17)9-13/h3-9,12,19H,10-11H2,1-2H3. The van der Waals surface area contributed by atoms with Crippen LogP contribution in [0.1, 0.15) is 25.0 Å². The molecule has 0 saturated heterocycles. The highest BCUT2D eigenvalue weighted by Crippen LogP contribution is 2.17. The molecule has 1 heterocycles. The number of ether oxygens (including phenoxy) is 1. The second-order valence-electron chi connectivity index (χ2n) is 4.92. The molecule has 0 spiro atoms. The SMILES string of the molecule is CC(C)NCc1cccnc1OCc1cccc(Cl)c1. The van der Waals surface area contributed by atoms with Gasteiger partial charge in [-0.3, -0.25) is 0 Å². The number of halogens is 1. The van der Waals surface area contributed by atoms with Crippen LogP contribution in [0, 0.1) is 0 Å². The predicted octanol–water partition coefficient (Wildman–Crippen LogP) is 3.81. The van der Waals surface area contributed by atoms with E-state index < -0.39 is 0 Å². The topological polar surface area (TPSA) is 34.2 Å². The van der Waals surface area contributed by atoms with Crippen molar-refractivity contribution in [3.8, 4) is 5.88 Å². The first-order chi connectivity index (χ1) is 9.65. The minimum Gasteiger partial charge on any atom is -0.473 e. The second-order valence-corrected chi connectivity index (χ2v) is 5.36. The van der Waals surface area contributed by atoms with Gasteiger partial charge < -0.3 is 10.1 Å². The van der Waals surface area contributed by atoms with Crippen molar-refractivity contribution in [2.75, 3.05) is 0 Å². The molecule has 0 fully saturated rings. The number of hydrogen-bond acceptors (Lipinski definition) is 3. The van der Waals surface area contributed by atoms with Gasteiger partial charge in [-0.25, -0.2) is 4.98 Å².